The number of aliphatic carboxylic acids is 1. The number of hydrogen-bond acceptors (Lipinski definition) is 7. The number of allylic oxidation sites excluding steroid dienone is 4. The van der Waals surface area contributed by atoms with Crippen molar-refractivity contribution < 1.29 is 39.5 Å². The van der Waals surface area contributed by atoms with Crippen LogP contribution < -0.4 is 5.32 Å². The van der Waals surface area contributed by atoms with E-state index in [1.165, 1.54) is 18.1 Å². The second kappa shape index (κ2) is 14.8. The fourth-order valence-electron chi connectivity index (χ4n) is 10.2. The molecule has 5 N–H and O–H groups in total. The number of ether oxygens (including phenoxy) is 2. The Morgan fingerprint density at radius 2 is 1.83 bits per heavy atom. The van der Waals surface area contributed by atoms with Gasteiger partial charge in [0.05, 0.1) is 12.7 Å². The van der Waals surface area contributed by atoms with Gasteiger partial charge >= 0.3 is 5.97 Å². The molecule has 0 aromatic carbocycles. The molecule has 1 amide bonds. The van der Waals surface area contributed by atoms with Gasteiger partial charge in [0.15, 0.2) is 6.29 Å². The van der Waals surface area contributed by atoms with E-state index in [4.69, 9.17) is 9.47 Å². The predicted molar refractivity (Wildman–Crippen MR) is 181 cm³/mol. The van der Waals surface area contributed by atoms with Crippen molar-refractivity contribution in [1.29, 1.82) is 0 Å². The van der Waals surface area contributed by atoms with Crippen LogP contribution in [0.15, 0.2) is 36.0 Å². The van der Waals surface area contributed by atoms with Crippen molar-refractivity contribution in [1.82, 2.24) is 5.32 Å². The van der Waals surface area contributed by atoms with Gasteiger partial charge in [-0.1, -0.05) is 63.6 Å². The van der Waals surface area contributed by atoms with Crippen LogP contribution in [0.2, 0.25) is 0 Å². The Balaban J connectivity index is 1.56. The lowest BCUT2D eigenvalue weighted by Gasteiger charge is -2.58. The van der Waals surface area contributed by atoms with Crippen molar-refractivity contribution in [2.45, 2.75) is 137 Å². The smallest absolute Gasteiger partial charge is 0.303 e. The summed E-state index contributed by atoms with van der Waals surface area (Å²) < 4.78 is 12.6. The highest BCUT2D eigenvalue weighted by Crippen LogP contribution is 2.59. The summed E-state index contributed by atoms with van der Waals surface area (Å²) in [6.45, 7) is 23.1. The molecule has 1 heterocycles. The van der Waals surface area contributed by atoms with Crippen LogP contribution >= 0.6 is 0 Å². The van der Waals surface area contributed by atoms with Gasteiger partial charge in [-0.2, -0.15) is 0 Å². The molecule has 266 valence electrons. The second-order valence-electron chi connectivity index (χ2n) is 16.2. The molecule has 3 fully saturated rings. The maximum absolute atomic E-state index is 12.0. The molecule has 2 saturated carbocycles. The minimum Gasteiger partial charge on any atom is -0.481 e. The molecule has 1 aliphatic heterocycles. The van der Waals surface area contributed by atoms with Crippen LogP contribution in [-0.2, 0) is 19.1 Å². The van der Waals surface area contributed by atoms with E-state index in [2.05, 4.69) is 66.1 Å². The third-order valence-electron chi connectivity index (χ3n) is 12.9. The fraction of sp³-hybridized carbons (Fsp3) is 0.789. The van der Waals surface area contributed by atoms with E-state index in [0.717, 1.165) is 44.1 Å². The summed E-state index contributed by atoms with van der Waals surface area (Å²) in [6, 6.07) is -0.974. The van der Waals surface area contributed by atoms with Crippen LogP contribution in [0, 0.1) is 46.3 Å². The summed E-state index contributed by atoms with van der Waals surface area (Å²) in [5.41, 5.74) is 3.34. The topological polar surface area (TPSA) is 146 Å². The first-order valence-corrected chi connectivity index (χ1v) is 17.7. The molecule has 3 aliphatic carbocycles. The average molecular weight is 660 g/mol. The maximum atomic E-state index is 12.0. The van der Waals surface area contributed by atoms with Gasteiger partial charge in [0, 0.05) is 13.3 Å². The van der Waals surface area contributed by atoms with Gasteiger partial charge in [-0.15, -0.1) is 0 Å². The van der Waals surface area contributed by atoms with Crippen molar-refractivity contribution in [2.75, 3.05) is 6.61 Å². The molecule has 1 saturated heterocycles. The van der Waals surface area contributed by atoms with Crippen molar-refractivity contribution in [3.63, 3.8) is 0 Å². The van der Waals surface area contributed by atoms with Crippen LogP contribution in [0.3, 0.4) is 0 Å². The Kier molecular flexibility index (Phi) is 11.9. The van der Waals surface area contributed by atoms with Crippen molar-refractivity contribution in [2.24, 2.45) is 46.3 Å². The van der Waals surface area contributed by atoms with Crippen LogP contribution in [0.1, 0.15) is 99.8 Å². The Bertz CT molecular complexity index is 1210. The molecule has 9 heteroatoms. The Hall–Kier alpha value is -2.04. The number of rotatable bonds is 11. The van der Waals surface area contributed by atoms with E-state index < -0.39 is 43.2 Å². The van der Waals surface area contributed by atoms with Gasteiger partial charge in [0.2, 0.25) is 5.91 Å². The highest BCUT2D eigenvalue weighted by molar-refractivity contribution is 5.73. The van der Waals surface area contributed by atoms with E-state index in [1.54, 1.807) is 0 Å². The summed E-state index contributed by atoms with van der Waals surface area (Å²) >= 11 is 0. The molecule has 4 aliphatic rings. The number of amides is 1. The van der Waals surface area contributed by atoms with Gasteiger partial charge < -0.3 is 35.2 Å². The first-order chi connectivity index (χ1) is 21.9. The molecular formula is C38H61NO8. The zero-order chi connectivity index (χ0) is 35.0. The molecule has 47 heavy (non-hydrogen) atoms. The number of carboxylic acids is 1. The molecule has 0 bridgehead atoms. The van der Waals surface area contributed by atoms with Crippen LogP contribution in [0.4, 0.5) is 0 Å². The number of carboxylic acid groups (broad SMARTS) is 1. The lowest BCUT2D eigenvalue weighted by atomic mass is 9.50. The van der Waals surface area contributed by atoms with Crippen LogP contribution in [-0.4, -0.2) is 75.7 Å². The minimum atomic E-state index is -1.36. The Morgan fingerprint density at radius 1 is 1.15 bits per heavy atom. The highest BCUT2D eigenvalue weighted by Gasteiger charge is 2.55. The third kappa shape index (κ3) is 7.59. The van der Waals surface area contributed by atoms with Gasteiger partial charge in [0.25, 0.3) is 0 Å². The van der Waals surface area contributed by atoms with Crippen LogP contribution in [0.25, 0.3) is 0 Å². The summed E-state index contributed by atoms with van der Waals surface area (Å²) in [7, 11) is 0. The normalized spacial score (nSPS) is 41.8. The molecule has 4 rings (SSSR count). The van der Waals surface area contributed by atoms with Gasteiger partial charge in [-0.05, 0) is 105 Å². The quantitative estimate of drug-likeness (QED) is 0.147. The minimum absolute atomic E-state index is 0.153. The van der Waals surface area contributed by atoms with E-state index in [-0.39, 0.29) is 41.1 Å². The standard InChI is InChI=1S/C38H61NO8/c1-20(2)26-13-11-22(4)27(38(26,9)17-16-31(42)43)15-12-25-21(3)10-14-28-32(25)23(5)18-30(37(28,7)8)47-36-33(39-24(6)41)35(45)34(44)29(19-40)46-36/h11,23,25-30,32-36,40,44-45H,1,3,10,12-19H2,2,4-9H3,(H,39,41)(H,42,43)/t23-,25+,26+,27+,28+,29+,30-,32-,33-,34-,35-,36-,38-/m0/s1. The number of hydrogen-bond donors (Lipinski definition) is 5. The zero-order valence-electron chi connectivity index (χ0n) is 29.7. The lowest BCUT2D eigenvalue weighted by molar-refractivity contribution is -0.301. The van der Waals surface area contributed by atoms with Crippen molar-refractivity contribution >= 4 is 11.9 Å². The highest BCUT2D eigenvalue weighted by atomic mass is 16.7. The summed E-state index contributed by atoms with van der Waals surface area (Å²) in [5, 5.41) is 43.5. The molecule has 9 nitrogen and oxygen atoms in total. The number of carbonyl (C=O) groups excluding carboxylic acids is 1. The lowest BCUT2D eigenvalue weighted by Crippen LogP contribution is -2.66. The van der Waals surface area contributed by atoms with E-state index in [1.807, 2.05) is 0 Å². The van der Waals surface area contributed by atoms with E-state index in [0.29, 0.717) is 30.1 Å². The molecule has 0 radical (unpaired) electrons. The average Bonchev–Trinajstić information content (AvgIpc) is 2.98. The molecule has 0 spiro atoms. The Morgan fingerprint density at radius 3 is 2.43 bits per heavy atom. The molecule has 0 unspecified atom stereocenters. The second-order valence-corrected chi connectivity index (χ2v) is 16.2. The summed E-state index contributed by atoms with van der Waals surface area (Å²) in [5.74, 6) is 0.760. The van der Waals surface area contributed by atoms with Gasteiger partial charge in [0.1, 0.15) is 24.4 Å². The van der Waals surface area contributed by atoms with Gasteiger partial charge in [-0.3, -0.25) is 9.59 Å². The number of carbonyl (C=O) groups is 2. The molecule has 13 atom stereocenters. The molecule has 0 aromatic heterocycles. The summed E-state index contributed by atoms with van der Waals surface area (Å²) in [4.78, 5) is 23.7. The van der Waals surface area contributed by atoms with E-state index >= 15 is 0 Å². The first kappa shape index (κ1) is 37.8. The monoisotopic (exact) mass is 659 g/mol. The molecule has 0 aromatic rings. The molecular weight excluding hydrogens is 598 g/mol. The largest absolute Gasteiger partial charge is 0.481 e. The maximum Gasteiger partial charge on any atom is 0.303 e. The number of nitrogens with one attached hydrogen (secondary N) is 1. The van der Waals surface area contributed by atoms with Crippen molar-refractivity contribution in [3.05, 3.63) is 36.0 Å². The number of fused-ring (bicyclic) bond motifs is 1. The van der Waals surface area contributed by atoms with Gasteiger partial charge in [-0.25, -0.2) is 0 Å². The first-order valence-electron chi connectivity index (χ1n) is 17.7. The predicted octanol–water partition coefficient (Wildman–Crippen LogP) is 5.39. The zero-order valence-corrected chi connectivity index (χ0v) is 29.7. The fourth-order valence-corrected chi connectivity index (χ4v) is 10.2. The summed E-state index contributed by atoms with van der Waals surface area (Å²) in [6.07, 6.45) is 3.68. The Labute approximate surface area is 281 Å². The van der Waals surface area contributed by atoms with Crippen molar-refractivity contribution in [3.8, 4) is 0 Å². The number of aliphatic hydroxyl groups excluding tert-OH is 3. The SMILES string of the molecule is C=C1CC[C@@H]2[C@H]([C@@H]1CC[C@@H]1C(C)=CC[C@H](C(=C)C)[C@]1(C)CCC(=O)O)[C@@H](C)C[C@H](O[C@@H]1O[C@H](CO)[C@H](O)[C@@H](O)[C@@H]1NC(C)=O)C2(C)C. The number of aliphatic hydroxyl groups is 3. The van der Waals surface area contributed by atoms with Crippen LogP contribution in [0.5, 0.6) is 0 Å². The third-order valence-corrected chi connectivity index (χ3v) is 12.9. The van der Waals surface area contributed by atoms with E-state index in [9.17, 15) is 30.0 Å².